The highest BCUT2D eigenvalue weighted by Gasteiger charge is 2.50. The lowest BCUT2D eigenvalue weighted by atomic mass is 9.49. The molecule has 0 aliphatic heterocycles. The maximum Gasteiger partial charge on any atom is 0.216 e. The monoisotopic (exact) mass is 276 g/mol. The van der Waals surface area contributed by atoms with Crippen molar-refractivity contribution >= 4 is 18.4 Å². The van der Waals surface area contributed by atoms with Gasteiger partial charge in [0.1, 0.15) is 0 Å². The van der Waals surface area contributed by atoms with Crippen molar-refractivity contribution in [1.29, 1.82) is 0 Å². The van der Waals surface area contributed by atoms with Gasteiger partial charge in [0.25, 0.3) is 0 Å². The SMILES string of the molecule is CCc1n[nH]c(=S)n1/N=C\C1=CC[C@H]2C[C@H]1C2(C)C. The van der Waals surface area contributed by atoms with E-state index in [4.69, 9.17) is 12.2 Å². The van der Waals surface area contributed by atoms with Gasteiger partial charge in [-0.25, -0.2) is 0 Å². The standard InChI is InChI=1S/C14H20N4S/c1-4-12-16-17-13(19)18(12)15-8-9-5-6-10-7-11(9)14(10,2)3/h5,8,10-11H,4,6-7H2,1-3H3,(H,17,19)/b15-8-/t10-,11+/m0/s1. The van der Waals surface area contributed by atoms with Crippen molar-refractivity contribution in [3.63, 3.8) is 0 Å². The van der Waals surface area contributed by atoms with Crippen molar-refractivity contribution in [3.8, 4) is 0 Å². The van der Waals surface area contributed by atoms with Crippen molar-refractivity contribution in [3.05, 3.63) is 22.2 Å². The molecule has 2 bridgehead atoms. The minimum Gasteiger partial charge on any atom is -0.250 e. The first-order valence-electron chi connectivity index (χ1n) is 6.94. The molecule has 3 aliphatic rings. The van der Waals surface area contributed by atoms with Gasteiger partial charge in [-0.05, 0) is 47.9 Å². The second-order valence-corrected chi connectivity index (χ2v) is 6.49. The number of allylic oxidation sites excluding steroid dienone is 2. The zero-order valence-electron chi connectivity index (χ0n) is 11.7. The molecule has 4 rings (SSSR count). The lowest BCUT2D eigenvalue weighted by molar-refractivity contribution is -0.00127. The van der Waals surface area contributed by atoms with Crippen molar-refractivity contribution in [2.24, 2.45) is 22.4 Å². The van der Waals surface area contributed by atoms with E-state index in [1.807, 2.05) is 6.21 Å². The zero-order valence-corrected chi connectivity index (χ0v) is 12.5. The molecule has 1 heterocycles. The molecule has 2 atom stereocenters. The van der Waals surface area contributed by atoms with Crippen LogP contribution in [-0.2, 0) is 6.42 Å². The number of aromatic nitrogens is 3. The number of hydrogen-bond acceptors (Lipinski definition) is 3. The summed E-state index contributed by atoms with van der Waals surface area (Å²) >= 11 is 5.20. The molecule has 0 radical (unpaired) electrons. The molecular formula is C14H20N4S. The fraction of sp³-hybridized carbons (Fsp3) is 0.643. The van der Waals surface area contributed by atoms with Crippen LogP contribution in [0.2, 0.25) is 0 Å². The van der Waals surface area contributed by atoms with E-state index in [0.29, 0.717) is 16.1 Å². The van der Waals surface area contributed by atoms with Gasteiger partial charge in [-0.2, -0.15) is 14.9 Å². The quantitative estimate of drug-likeness (QED) is 0.680. The number of nitrogens with zero attached hydrogens (tertiary/aromatic N) is 3. The van der Waals surface area contributed by atoms with E-state index in [0.717, 1.165) is 18.2 Å². The highest BCUT2D eigenvalue weighted by atomic mass is 32.1. The number of rotatable bonds is 3. The fourth-order valence-corrected chi connectivity index (χ4v) is 3.54. The molecule has 0 saturated heterocycles. The van der Waals surface area contributed by atoms with Crippen LogP contribution in [-0.4, -0.2) is 21.1 Å². The summed E-state index contributed by atoms with van der Waals surface area (Å²) in [6, 6.07) is 0. The molecule has 0 amide bonds. The van der Waals surface area contributed by atoms with Crippen LogP contribution in [0.25, 0.3) is 0 Å². The Labute approximate surface area is 118 Å². The summed E-state index contributed by atoms with van der Waals surface area (Å²) in [4.78, 5) is 0. The third kappa shape index (κ3) is 1.91. The number of nitrogens with one attached hydrogen (secondary N) is 1. The Morgan fingerprint density at radius 1 is 1.63 bits per heavy atom. The Morgan fingerprint density at radius 3 is 3.05 bits per heavy atom. The second-order valence-electron chi connectivity index (χ2n) is 6.10. The average Bonchev–Trinajstić information content (AvgIpc) is 2.76. The van der Waals surface area contributed by atoms with E-state index in [-0.39, 0.29) is 0 Å². The summed E-state index contributed by atoms with van der Waals surface area (Å²) in [5, 5.41) is 11.5. The molecule has 1 saturated carbocycles. The molecule has 102 valence electrons. The van der Waals surface area contributed by atoms with Crippen LogP contribution in [0.15, 0.2) is 16.8 Å². The van der Waals surface area contributed by atoms with E-state index in [1.165, 1.54) is 18.4 Å². The van der Waals surface area contributed by atoms with Gasteiger partial charge in [0, 0.05) is 6.42 Å². The molecule has 1 N–H and O–H groups in total. The average molecular weight is 276 g/mol. The van der Waals surface area contributed by atoms with Crippen LogP contribution >= 0.6 is 12.2 Å². The lowest BCUT2D eigenvalue weighted by Crippen LogP contribution is -2.48. The number of hydrogen-bond donors (Lipinski definition) is 1. The minimum absolute atomic E-state index is 0.432. The van der Waals surface area contributed by atoms with Crippen molar-refractivity contribution in [1.82, 2.24) is 14.9 Å². The van der Waals surface area contributed by atoms with E-state index < -0.39 is 0 Å². The Kier molecular flexibility index (Phi) is 2.96. The van der Waals surface area contributed by atoms with Gasteiger partial charge in [0.2, 0.25) is 4.77 Å². The van der Waals surface area contributed by atoms with Gasteiger partial charge in [-0.1, -0.05) is 26.8 Å². The minimum atomic E-state index is 0.432. The summed E-state index contributed by atoms with van der Waals surface area (Å²) in [6.45, 7) is 6.79. The zero-order chi connectivity index (χ0) is 13.6. The maximum absolute atomic E-state index is 5.20. The first kappa shape index (κ1) is 12.8. The van der Waals surface area contributed by atoms with Gasteiger partial charge in [0.05, 0.1) is 6.21 Å². The Balaban J connectivity index is 1.86. The molecule has 0 aromatic carbocycles. The largest absolute Gasteiger partial charge is 0.250 e. The second kappa shape index (κ2) is 4.40. The van der Waals surface area contributed by atoms with Crippen molar-refractivity contribution < 1.29 is 0 Å². The number of fused-ring (bicyclic) bond motifs is 1. The van der Waals surface area contributed by atoms with Gasteiger partial charge < -0.3 is 0 Å². The van der Waals surface area contributed by atoms with Crippen LogP contribution in [0.1, 0.15) is 39.4 Å². The molecule has 0 spiro atoms. The highest BCUT2D eigenvalue weighted by Crippen LogP contribution is 2.58. The Morgan fingerprint density at radius 2 is 2.42 bits per heavy atom. The van der Waals surface area contributed by atoms with Crippen LogP contribution in [0.3, 0.4) is 0 Å². The number of aryl methyl sites for hydroxylation is 1. The summed E-state index contributed by atoms with van der Waals surface area (Å²) in [5.74, 6) is 2.39. The molecule has 1 aromatic rings. The smallest absolute Gasteiger partial charge is 0.216 e. The first-order valence-corrected chi connectivity index (χ1v) is 7.35. The number of H-pyrrole nitrogens is 1. The van der Waals surface area contributed by atoms with E-state index in [9.17, 15) is 0 Å². The van der Waals surface area contributed by atoms with Crippen molar-refractivity contribution in [2.75, 3.05) is 0 Å². The predicted molar refractivity (Wildman–Crippen MR) is 78.8 cm³/mol. The normalized spacial score (nSPS) is 28.3. The first-order chi connectivity index (χ1) is 9.04. The van der Waals surface area contributed by atoms with E-state index >= 15 is 0 Å². The third-order valence-electron chi connectivity index (χ3n) is 4.87. The summed E-state index contributed by atoms with van der Waals surface area (Å²) in [7, 11) is 0. The molecule has 4 nitrogen and oxygen atoms in total. The molecule has 1 aromatic heterocycles. The summed E-state index contributed by atoms with van der Waals surface area (Å²) in [5.41, 5.74) is 1.79. The fourth-order valence-electron chi connectivity index (χ4n) is 3.34. The molecule has 1 fully saturated rings. The molecule has 19 heavy (non-hydrogen) atoms. The third-order valence-corrected chi connectivity index (χ3v) is 5.13. The van der Waals surface area contributed by atoms with Gasteiger partial charge in [-0.3, -0.25) is 5.10 Å². The van der Waals surface area contributed by atoms with Crippen LogP contribution in [0, 0.1) is 22.0 Å². The van der Waals surface area contributed by atoms with Gasteiger partial charge in [0.15, 0.2) is 5.82 Å². The summed E-state index contributed by atoms with van der Waals surface area (Å²) in [6.07, 6.45) is 7.63. The van der Waals surface area contributed by atoms with Crippen LogP contribution in [0.5, 0.6) is 0 Å². The predicted octanol–water partition coefficient (Wildman–Crippen LogP) is 3.33. The molecule has 3 aliphatic carbocycles. The maximum atomic E-state index is 5.20. The molecule has 0 unspecified atom stereocenters. The van der Waals surface area contributed by atoms with Crippen LogP contribution in [0.4, 0.5) is 0 Å². The molecule has 5 heteroatoms. The van der Waals surface area contributed by atoms with Crippen LogP contribution < -0.4 is 0 Å². The topological polar surface area (TPSA) is 46.0 Å². The lowest BCUT2D eigenvalue weighted by Gasteiger charge is -2.55. The highest BCUT2D eigenvalue weighted by molar-refractivity contribution is 7.71. The Hall–Kier alpha value is -1.23. The van der Waals surface area contributed by atoms with Gasteiger partial charge in [-0.15, -0.1) is 0 Å². The van der Waals surface area contributed by atoms with E-state index in [1.54, 1.807) is 4.68 Å². The van der Waals surface area contributed by atoms with Gasteiger partial charge >= 0.3 is 0 Å². The number of aromatic amines is 1. The molecular weight excluding hydrogens is 256 g/mol. The van der Waals surface area contributed by atoms with Crippen molar-refractivity contribution in [2.45, 2.75) is 40.0 Å². The van der Waals surface area contributed by atoms with E-state index in [2.05, 4.69) is 42.1 Å². The summed E-state index contributed by atoms with van der Waals surface area (Å²) < 4.78 is 2.30. The Bertz CT molecular complexity index is 605.